The predicted octanol–water partition coefficient (Wildman–Crippen LogP) is 5.21. The van der Waals surface area contributed by atoms with Crippen molar-refractivity contribution in [1.82, 2.24) is 0 Å². The van der Waals surface area contributed by atoms with Crippen molar-refractivity contribution in [2.24, 2.45) is 4.99 Å². The van der Waals surface area contributed by atoms with E-state index in [1.54, 1.807) is 54.6 Å². The van der Waals surface area contributed by atoms with E-state index in [1.165, 1.54) is 24.1 Å². The summed E-state index contributed by atoms with van der Waals surface area (Å²) in [7, 11) is 1.32. The van der Waals surface area contributed by atoms with Crippen molar-refractivity contribution in [2.45, 2.75) is 0 Å². The minimum absolute atomic E-state index is 0.230. The van der Waals surface area contributed by atoms with Gasteiger partial charge in [-0.25, -0.2) is 14.2 Å². The molecule has 0 radical (unpaired) electrons. The number of nitrogens with zero attached hydrogens (tertiary/aromatic N) is 2. The van der Waals surface area contributed by atoms with Crippen LogP contribution in [0.15, 0.2) is 88.0 Å². The van der Waals surface area contributed by atoms with Gasteiger partial charge in [0.2, 0.25) is 0 Å². The Labute approximate surface area is 186 Å². The van der Waals surface area contributed by atoms with Crippen molar-refractivity contribution in [3.63, 3.8) is 0 Å². The lowest BCUT2D eigenvalue weighted by Gasteiger charge is -2.18. The summed E-state index contributed by atoms with van der Waals surface area (Å²) in [4.78, 5) is 30.9. The van der Waals surface area contributed by atoms with E-state index in [-0.39, 0.29) is 17.4 Å². The van der Waals surface area contributed by atoms with Gasteiger partial charge in [0.25, 0.3) is 5.91 Å². The number of carbonyl (C=O) groups is 2. The molecule has 0 bridgehead atoms. The van der Waals surface area contributed by atoms with Gasteiger partial charge in [-0.15, -0.1) is 0 Å². The molecule has 154 valence electrons. The zero-order valence-electron chi connectivity index (χ0n) is 16.4. The van der Waals surface area contributed by atoms with E-state index in [1.807, 2.05) is 12.1 Å². The van der Waals surface area contributed by atoms with E-state index in [9.17, 15) is 14.0 Å². The van der Waals surface area contributed by atoms with Gasteiger partial charge in [0.15, 0.2) is 0 Å². The largest absolute Gasteiger partial charge is 0.465 e. The molecular formula is C24H16BrFN2O3. The third kappa shape index (κ3) is 4.32. The van der Waals surface area contributed by atoms with E-state index in [2.05, 4.69) is 20.9 Å². The summed E-state index contributed by atoms with van der Waals surface area (Å²) >= 11 is 3.39. The maximum atomic E-state index is 13.4. The van der Waals surface area contributed by atoms with E-state index in [0.29, 0.717) is 28.2 Å². The van der Waals surface area contributed by atoms with Gasteiger partial charge >= 0.3 is 5.97 Å². The molecule has 4 rings (SSSR count). The van der Waals surface area contributed by atoms with Crippen LogP contribution in [0.5, 0.6) is 0 Å². The first-order valence-electron chi connectivity index (χ1n) is 9.31. The molecule has 0 saturated heterocycles. The number of methoxy groups -OCH3 is 1. The number of amides is 1. The Morgan fingerprint density at radius 1 is 1.00 bits per heavy atom. The van der Waals surface area contributed by atoms with Crippen LogP contribution in [0.3, 0.4) is 0 Å². The predicted molar refractivity (Wildman–Crippen MR) is 120 cm³/mol. The molecule has 0 aromatic heterocycles. The van der Waals surface area contributed by atoms with Crippen molar-refractivity contribution in [1.29, 1.82) is 0 Å². The summed E-state index contributed by atoms with van der Waals surface area (Å²) in [6.07, 6.45) is 1.64. The van der Waals surface area contributed by atoms with Crippen molar-refractivity contribution in [3.05, 3.63) is 105 Å². The van der Waals surface area contributed by atoms with Crippen LogP contribution in [0.4, 0.5) is 10.1 Å². The molecular weight excluding hydrogens is 463 g/mol. The van der Waals surface area contributed by atoms with Crippen LogP contribution in [0.2, 0.25) is 0 Å². The maximum absolute atomic E-state index is 13.4. The van der Waals surface area contributed by atoms with Gasteiger partial charge in [-0.1, -0.05) is 28.1 Å². The van der Waals surface area contributed by atoms with Crippen LogP contribution < -0.4 is 4.90 Å². The number of rotatable bonds is 4. The Morgan fingerprint density at radius 2 is 1.65 bits per heavy atom. The Hall–Kier alpha value is -3.58. The minimum Gasteiger partial charge on any atom is -0.465 e. The Balaban J connectivity index is 1.75. The maximum Gasteiger partial charge on any atom is 0.337 e. The Morgan fingerprint density at radius 3 is 2.26 bits per heavy atom. The number of anilines is 1. The number of carbonyl (C=O) groups excluding carboxylic acids is 2. The molecule has 31 heavy (non-hydrogen) atoms. The highest BCUT2D eigenvalue weighted by atomic mass is 79.9. The van der Waals surface area contributed by atoms with Crippen molar-refractivity contribution in [3.8, 4) is 0 Å². The molecule has 0 unspecified atom stereocenters. The summed E-state index contributed by atoms with van der Waals surface area (Å²) < 4.78 is 19.0. The standard InChI is InChI=1S/C24H16BrFN2O3/c1-31-24(30)17-4-2-15(3-5-17)14-21-23(29)28(20-12-8-18(25)9-13-20)22(27-21)16-6-10-19(26)11-7-16/h2-14H,1H3/b21-14+. The average Bonchev–Trinajstić information content (AvgIpc) is 3.10. The monoisotopic (exact) mass is 478 g/mol. The molecule has 1 aliphatic rings. The van der Waals surface area contributed by atoms with Crippen LogP contribution in [0, 0.1) is 5.82 Å². The second-order valence-electron chi connectivity index (χ2n) is 6.70. The highest BCUT2D eigenvalue weighted by molar-refractivity contribution is 9.10. The quantitative estimate of drug-likeness (QED) is 0.382. The number of esters is 1. The number of amidine groups is 1. The molecule has 0 aliphatic carbocycles. The summed E-state index contributed by atoms with van der Waals surface area (Å²) in [6.45, 7) is 0. The lowest BCUT2D eigenvalue weighted by Crippen LogP contribution is -2.32. The highest BCUT2D eigenvalue weighted by Gasteiger charge is 2.32. The van der Waals surface area contributed by atoms with Crippen LogP contribution >= 0.6 is 15.9 Å². The van der Waals surface area contributed by atoms with Gasteiger partial charge in [-0.3, -0.25) is 9.69 Å². The highest BCUT2D eigenvalue weighted by Crippen LogP contribution is 2.29. The van der Waals surface area contributed by atoms with Gasteiger partial charge < -0.3 is 4.74 Å². The van der Waals surface area contributed by atoms with E-state index in [4.69, 9.17) is 4.74 Å². The summed E-state index contributed by atoms with van der Waals surface area (Å²) in [5, 5.41) is 0. The zero-order valence-corrected chi connectivity index (χ0v) is 18.0. The second kappa shape index (κ2) is 8.65. The molecule has 5 nitrogen and oxygen atoms in total. The van der Waals surface area contributed by atoms with Gasteiger partial charge in [0, 0.05) is 10.0 Å². The van der Waals surface area contributed by atoms with Gasteiger partial charge in [0.05, 0.1) is 18.4 Å². The molecule has 0 saturated carbocycles. The molecule has 1 aliphatic heterocycles. The first-order valence-corrected chi connectivity index (χ1v) is 10.1. The smallest absolute Gasteiger partial charge is 0.337 e. The third-order valence-electron chi connectivity index (χ3n) is 4.68. The van der Waals surface area contributed by atoms with Crippen LogP contribution in [-0.4, -0.2) is 24.8 Å². The lowest BCUT2D eigenvalue weighted by atomic mass is 10.1. The topological polar surface area (TPSA) is 59.0 Å². The number of hydrogen-bond acceptors (Lipinski definition) is 4. The minimum atomic E-state index is -0.436. The second-order valence-corrected chi connectivity index (χ2v) is 7.62. The van der Waals surface area contributed by atoms with E-state index < -0.39 is 5.97 Å². The average molecular weight is 479 g/mol. The van der Waals surface area contributed by atoms with Crippen LogP contribution in [-0.2, 0) is 9.53 Å². The molecule has 0 spiro atoms. The van der Waals surface area contributed by atoms with Crippen molar-refractivity contribution < 1.29 is 18.7 Å². The number of hydrogen-bond donors (Lipinski definition) is 0. The number of benzene rings is 3. The SMILES string of the molecule is COC(=O)c1ccc(/C=C2/N=C(c3ccc(F)cc3)N(c3ccc(Br)cc3)C2=O)cc1. The van der Waals surface area contributed by atoms with E-state index in [0.717, 1.165) is 4.47 Å². The first kappa shape index (κ1) is 20.7. The van der Waals surface area contributed by atoms with Gasteiger partial charge in [-0.05, 0) is 72.3 Å². The summed E-state index contributed by atoms with van der Waals surface area (Å²) in [6, 6.07) is 19.8. The fourth-order valence-electron chi connectivity index (χ4n) is 3.13. The normalized spacial score (nSPS) is 14.7. The number of ether oxygens (including phenoxy) is 1. The summed E-state index contributed by atoms with van der Waals surface area (Å²) in [5.74, 6) is -0.706. The van der Waals surface area contributed by atoms with Crippen molar-refractivity contribution in [2.75, 3.05) is 12.0 Å². The molecule has 1 amide bonds. The number of halogens is 2. The zero-order chi connectivity index (χ0) is 22.0. The molecule has 0 atom stereocenters. The fourth-order valence-corrected chi connectivity index (χ4v) is 3.39. The Kier molecular flexibility index (Phi) is 5.77. The third-order valence-corrected chi connectivity index (χ3v) is 5.21. The molecule has 7 heteroatoms. The first-order chi connectivity index (χ1) is 15.0. The van der Waals surface area contributed by atoms with Gasteiger partial charge in [-0.2, -0.15) is 0 Å². The Bertz CT molecular complexity index is 1200. The molecule has 0 fully saturated rings. The molecule has 3 aromatic rings. The number of aliphatic imine (C=N–C) groups is 1. The summed E-state index contributed by atoms with van der Waals surface area (Å²) in [5.41, 5.74) is 2.60. The van der Waals surface area contributed by atoms with Crippen molar-refractivity contribution >= 4 is 45.4 Å². The van der Waals surface area contributed by atoms with Crippen LogP contribution in [0.1, 0.15) is 21.5 Å². The lowest BCUT2D eigenvalue weighted by molar-refractivity contribution is -0.113. The van der Waals surface area contributed by atoms with E-state index >= 15 is 0 Å². The van der Waals surface area contributed by atoms with Gasteiger partial charge in [0.1, 0.15) is 17.3 Å². The van der Waals surface area contributed by atoms with Crippen LogP contribution in [0.25, 0.3) is 6.08 Å². The molecule has 0 N–H and O–H groups in total. The molecule has 1 heterocycles. The fraction of sp³-hybridized carbons (Fsp3) is 0.0417. The molecule has 3 aromatic carbocycles.